The lowest BCUT2D eigenvalue weighted by Gasteiger charge is -2.17. The molecule has 0 amide bonds. The van der Waals surface area contributed by atoms with Gasteiger partial charge >= 0.3 is 0 Å². The molecule has 0 spiro atoms. The number of fused-ring (bicyclic) bond motifs is 2. The van der Waals surface area contributed by atoms with E-state index in [9.17, 15) is 18.0 Å². The topological polar surface area (TPSA) is 77.5 Å². The Morgan fingerprint density at radius 3 is 2.00 bits per heavy atom. The van der Waals surface area contributed by atoms with E-state index in [2.05, 4.69) is 0 Å². The van der Waals surface area contributed by atoms with Gasteiger partial charge in [0.25, 0.3) is 10.1 Å². The van der Waals surface area contributed by atoms with E-state index >= 15 is 0 Å². The summed E-state index contributed by atoms with van der Waals surface area (Å²) in [7, 11) is -3.57. The van der Waals surface area contributed by atoms with Gasteiger partial charge in [0.2, 0.25) is 0 Å². The first-order valence-electron chi connectivity index (χ1n) is 6.52. The first-order valence-corrected chi connectivity index (χ1v) is 8.34. The van der Waals surface area contributed by atoms with Crippen molar-refractivity contribution in [3.8, 4) is 0 Å². The molecule has 5 nitrogen and oxygen atoms in total. The Morgan fingerprint density at radius 2 is 1.41 bits per heavy atom. The maximum atomic E-state index is 12.5. The van der Waals surface area contributed by atoms with Crippen LogP contribution in [0.3, 0.4) is 0 Å². The molecule has 0 heterocycles. The highest BCUT2D eigenvalue weighted by Gasteiger charge is 2.29. The highest BCUT2D eigenvalue weighted by molar-refractivity contribution is 7.85. The summed E-state index contributed by atoms with van der Waals surface area (Å²) in [6.45, 7) is -0.171. The molecular formula is C16H12O5S. The highest BCUT2D eigenvalue weighted by Crippen LogP contribution is 2.28. The van der Waals surface area contributed by atoms with Crippen LogP contribution in [-0.2, 0) is 20.9 Å². The molecule has 1 aliphatic rings. The standard InChI is InChI=1S/C16H12O5S/c1-22(19,20)21-9-10-6-7-13-14(8-10)16(18)12-5-3-2-4-11(12)15(13)17/h2-8H,9H2,1H3. The van der Waals surface area contributed by atoms with Crippen LogP contribution in [0.5, 0.6) is 0 Å². The number of carbonyl (C=O) groups is 2. The fraction of sp³-hybridized carbons (Fsp3) is 0.125. The summed E-state index contributed by atoms with van der Waals surface area (Å²) in [6.07, 6.45) is 0.955. The molecule has 0 aliphatic heterocycles. The van der Waals surface area contributed by atoms with Crippen molar-refractivity contribution in [1.82, 2.24) is 0 Å². The van der Waals surface area contributed by atoms with Crippen molar-refractivity contribution in [2.45, 2.75) is 6.61 Å². The summed E-state index contributed by atoms with van der Waals surface area (Å²) in [5.41, 5.74) is 1.87. The van der Waals surface area contributed by atoms with Crippen molar-refractivity contribution in [2.24, 2.45) is 0 Å². The summed E-state index contributed by atoms with van der Waals surface area (Å²) in [5, 5.41) is 0. The summed E-state index contributed by atoms with van der Waals surface area (Å²) in [6, 6.07) is 11.3. The summed E-state index contributed by atoms with van der Waals surface area (Å²) >= 11 is 0. The molecular weight excluding hydrogens is 304 g/mol. The maximum absolute atomic E-state index is 12.5. The van der Waals surface area contributed by atoms with Crippen LogP contribution in [-0.4, -0.2) is 26.2 Å². The van der Waals surface area contributed by atoms with E-state index in [1.807, 2.05) is 0 Å². The molecule has 22 heavy (non-hydrogen) atoms. The molecule has 0 fully saturated rings. The third kappa shape index (κ3) is 2.58. The molecule has 6 heteroatoms. The monoisotopic (exact) mass is 316 g/mol. The number of rotatable bonds is 3. The van der Waals surface area contributed by atoms with Crippen LogP contribution in [0.25, 0.3) is 0 Å². The van der Waals surface area contributed by atoms with Gasteiger partial charge in [0.05, 0.1) is 12.9 Å². The van der Waals surface area contributed by atoms with Crippen molar-refractivity contribution in [3.05, 3.63) is 70.3 Å². The molecule has 0 aromatic heterocycles. The molecule has 0 radical (unpaired) electrons. The molecule has 0 saturated carbocycles. The van der Waals surface area contributed by atoms with Gasteiger partial charge in [0, 0.05) is 22.3 Å². The minimum atomic E-state index is -3.57. The average Bonchev–Trinajstić information content (AvgIpc) is 2.50. The molecule has 0 bridgehead atoms. The number of hydrogen-bond donors (Lipinski definition) is 0. The van der Waals surface area contributed by atoms with Gasteiger partial charge in [-0.25, -0.2) is 0 Å². The average molecular weight is 316 g/mol. The van der Waals surface area contributed by atoms with Crippen LogP contribution in [0.1, 0.15) is 37.4 Å². The normalized spacial score (nSPS) is 13.7. The van der Waals surface area contributed by atoms with Crippen molar-refractivity contribution < 1.29 is 22.2 Å². The molecule has 2 aromatic carbocycles. The molecule has 0 N–H and O–H groups in total. The number of benzene rings is 2. The zero-order valence-electron chi connectivity index (χ0n) is 11.7. The van der Waals surface area contributed by atoms with Gasteiger partial charge in [-0.3, -0.25) is 13.8 Å². The van der Waals surface area contributed by atoms with Gasteiger partial charge in [-0.1, -0.05) is 30.3 Å². The zero-order chi connectivity index (χ0) is 15.9. The fourth-order valence-corrected chi connectivity index (χ4v) is 2.76. The van der Waals surface area contributed by atoms with Crippen LogP contribution in [0.2, 0.25) is 0 Å². The predicted molar refractivity (Wildman–Crippen MR) is 79.4 cm³/mol. The van der Waals surface area contributed by atoms with Gasteiger partial charge in [0.1, 0.15) is 0 Å². The zero-order valence-corrected chi connectivity index (χ0v) is 12.5. The highest BCUT2D eigenvalue weighted by atomic mass is 32.2. The van der Waals surface area contributed by atoms with E-state index in [4.69, 9.17) is 4.18 Å². The van der Waals surface area contributed by atoms with E-state index in [0.717, 1.165) is 6.26 Å². The van der Waals surface area contributed by atoms with Crippen molar-refractivity contribution >= 4 is 21.7 Å². The molecule has 2 aromatic rings. The lowest BCUT2D eigenvalue weighted by molar-refractivity contribution is 0.0979. The van der Waals surface area contributed by atoms with Gasteiger partial charge < -0.3 is 0 Å². The number of ketones is 2. The molecule has 1 aliphatic carbocycles. The SMILES string of the molecule is CS(=O)(=O)OCc1ccc2c(c1)C(=O)c1ccccc1C2=O. The molecule has 0 unspecified atom stereocenters. The first kappa shape index (κ1) is 14.6. The van der Waals surface area contributed by atoms with E-state index in [0.29, 0.717) is 22.3 Å². The second-order valence-corrected chi connectivity index (χ2v) is 6.69. The summed E-state index contributed by atoms with van der Waals surface area (Å²) < 4.78 is 26.8. The maximum Gasteiger partial charge on any atom is 0.264 e. The smallest absolute Gasteiger partial charge is 0.264 e. The number of hydrogen-bond acceptors (Lipinski definition) is 5. The van der Waals surface area contributed by atoms with Gasteiger partial charge in [-0.15, -0.1) is 0 Å². The minimum absolute atomic E-state index is 0.171. The Balaban J connectivity index is 2.03. The van der Waals surface area contributed by atoms with Crippen LogP contribution in [0.15, 0.2) is 42.5 Å². The van der Waals surface area contributed by atoms with E-state index in [-0.39, 0.29) is 23.7 Å². The quantitative estimate of drug-likeness (QED) is 0.690. The summed E-state index contributed by atoms with van der Waals surface area (Å²) in [4.78, 5) is 24.9. The first-order chi connectivity index (χ1) is 10.4. The minimum Gasteiger partial charge on any atom is -0.289 e. The molecule has 3 rings (SSSR count). The molecule has 0 atom stereocenters. The van der Waals surface area contributed by atoms with Gasteiger partial charge in [-0.05, 0) is 17.7 Å². The van der Waals surface area contributed by atoms with E-state index in [1.54, 1.807) is 30.3 Å². The second kappa shape index (κ2) is 5.15. The Labute approximate surface area is 127 Å². The van der Waals surface area contributed by atoms with Gasteiger partial charge in [-0.2, -0.15) is 8.42 Å². The van der Waals surface area contributed by atoms with Crippen molar-refractivity contribution in [3.63, 3.8) is 0 Å². The largest absolute Gasteiger partial charge is 0.289 e. The van der Waals surface area contributed by atoms with Crippen LogP contribution < -0.4 is 0 Å². The van der Waals surface area contributed by atoms with Crippen molar-refractivity contribution in [1.29, 1.82) is 0 Å². The van der Waals surface area contributed by atoms with Crippen LogP contribution in [0.4, 0.5) is 0 Å². The Bertz CT molecular complexity index is 897. The Kier molecular flexibility index (Phi) is 3.42. The predicted octanol–water partition coefficient (Wildman–Crippen LogP) is 1.94. The third-order valence-corrected chi connectivity index (χ3v) is 3.98. The second-order valence-electron chi connectivity index (χ2n) is 5.05. The van der Waals surface area contributed by atoms with E-state index in [1.165, 1.54) is 12.1 Å². The lowest BCUT2D eigenvalue weighted by atomic mass is 9.83. The molecule has 0 saturated heterocycles. The Morgan fingerprint density at radius 1 is 0.864 bits per heavy atom. The summed E-state index contributed by atoms with van der Waals surface area (Å²) in [5.74, 6) is -0.452. The third-order valence-electron chi connectivity index (χ3n) is 3.43. The lowest BCUT2D eigenvalue weighted by Crippen LogP contribution is -2.21. The number of carbonyl (C=O) groups excluding carboxylic acids is 2. The van der Waals surface area contributed by atoms with Gasteiger partial charge in [0.15, 0.2) is 11.6 Å². The van der Waals surface area contributed by atoms with E-state index < -0.39 is 10.1 Å². The Hall–Kier alpha value is -2.31. The van der Waals surface area contributed by atoms with Crippen LogP contribution >= 0.6 is 0 Å². The molecule has 112 valence electrons. The van der Waals surface area contributed by atoms with Crippen LogP contribution in [0, 0.1) is 0 Å². The van der Waals surface area contributed by atoms with Crippen molar-refractivity contribution in [2.75, 3.05) is 6.26 Å². The fourth-order valence-electron chi connectivity index (χ4n) is 2.41.